The molecule has 164 valence electrons. The fourth-order valence-corrected chi connectivity index (χ4v) is 3.67. The molecule has 3 nitrogen and oxygen atoms in total. The van der Waals surface area contributed by atoms with Crippen LogP contribution >= 0.6 is 0 Å². The molecule has 0 aliphatic heterocycles. The molecular weight excluding hydrogens is 334 g/mol. The zero-order chi connectivity index (χ0) is 19.8. The highest BCUT2D eigenvalue weighted by atomic mass is 16.5. The highest BCUT2D eigenvalue weighted by molar-refractivity contribution is 4.56. The van der Waals surface area contributed by atoms with E-state index in [2.05, 4.69) is 18.7 Å². The summed E-state index contributed by atoms with van der Waals surface area (Å²) in [6.45, 7) is 9.14. The summed E-state index contributed by atoms with van der Waals surface area (Å²) in [6.07, 6.45) is 22.8. The van der Waals surface area contributed by atoms with Crippen molar-refractivity contribution in [2.75, 3.05) is 39.5 Å². The average Bonchev–Trinajstić information content (AvgIpc) is 2.69. The zero-order valence-electron chi connectivity index (χ0n) is 18.9. The van der Waals surface area contributed by atoms with Gasteiger partial charge in [0.1, 0.15) is 0 Å². The van der Waals surface area contributed by atoms with Crippen LogP contribution in [0.25, 0.3) is 0 Å². The van der Waals surface area contributed by atoms with Crippen LogP contribution in [0.4, 0.5) is 0 Å². The first-order valence-corrected chi connectivity index (χ1v) is 12.3. The lowest BCUT2D eigenvalue weighted by Gasteiger charge is -2.20. The van der Waals surface area contributed by atoms with Gasteiger partial charge in [-0.05, 0) is 19.5 Å². The molecule has 0 unspecified atom stereocenters. The largest absolute Gasteiger partial charge is 0.394 e. The fourth-order valence-electron chi connectivity index (χ4n) is 3.67. The van der Waals surface area contributed by atoms with Crippen molar-refractivity contribution in [2.45, 2.75) is 117 Å². The number of rotatable bonds is 23. The third-order valence-electron chi connectivity index (χ3n) is 5.56. The van der Waals surface area contributed by atoms with Crippen molar-refractivity contribution in [1.29, 1.82) is 0 Å². The summed E-state index contributed by atoms with van der Waals surface area (Å²) in [7, 11) is 0. The van der Waals surface area contributed by atoms with E-state index in [4.69, 9.17) is 9.84 Å². The Hall–Kier alpha value is -0.120. The zero-order valence-corrected chi connectivity index (χ0v) is 18.9. The minimum atomic E-state index is 0.130. The molecule has 0 radical (unpaired) electrons. The molecule has 0 aromatic rings. The Bertz CT molecular complexity index is 261. The van der Waals surface area contributed by atoms with Crippen LogP contribution in [0.2, 0.25) is 0 Å². The number of ether oxygens (including phenoxy) is 1. The van der Waals surface area contributed by atoms with E-state index in [0.717, 1.165) is 19.7 Å². The lowest BCUT2D eigenvalue weighted by molar-refractivity contribution is 0.0743. The van der Waals surface area contributed by atoms with Crippen LogP contribution in [0.5, 0.6) is 0 Å². The highest BCUT2D eigenvalue weighted by Crippen LogP contribution is 2.13. The van der Waals surface area contributed by atoms with Crippen LogP contribution in [0, 0.1) is 0 Å². The van der Waals surface area contributed by atoms with Crippen molar-refractivity contribution in [3.8, 4) is 0 Å². The Morgan fingerprint density at radius 1 is 0.556 bits per heavy atom. The summed E-state index contributed by atoms with van der Waals surface area (Å²) in [6, 6.07) is 0. The Labute approximate surface area is 171 Å². The molecule has 0 rings (SSSR count). The van der Waals surface area contributed by atoms with Crippen molar-refractivity contribution in [1.82, 2.24) is 4.90 Å². The molecule has 0 amide bonds. The van der Waals surface area contributed by atoms with Crippen molar-refractivity contribution in [3.05, 3.63) is 0 Å². The lowest BCUT2D eigenvalue weighted by atomic mass is 10.0. The number of nitrogens with zero attached hydrogens (tertiary/aromatic N) is 1. The topological polar surface area (TPSA) is 32.7 Å². The average molecular weight is 386 g/mol. The quantitative estimate of drug-likeness (QED) is 0.202. The Morgan fingerprint density at radius 2 is 1.00 bits per heavy atom. The highest BCUT2D eigenvalue weighted by Gasteiger charge is 2.02. The minimum Gasteiger partial charge on any atom is -0.394 e. The number of unbranched alkanes of at least 4 members (excludes halogenated alkanes) is 15. The van der Waals surface area contributed by atoms with E-state index in [1.165, 1.54) is 109 Å². The molecule has 27 heavy (non-hydrogen) atoms. The predicted octanol–water partition coefficient (Wildman–Crippen LogP) is 6.58. The van der Waals surface area contributed by atoms with E-state index in [-0.39, 0.29) is 6.61 Å². The van der Waals surface area contributed by atoms with Crippen molar-refractivity contribution in [3.63, 3.8) is 0 Å². The summed E-state index contributed by atoms with van der Waals surface area (Å²) in [5.74, 6) is 0. The molecule has 0 heterocycles. The first-order valence-electron chi connectivity index (χ1n) is 12.3. The smallest absolute Gasteiger partial charge is 0.0698 e. The molecule has 3 heteroatoms. The van der Waals surface area contributed by atoms with Gasteiger partial charge in [0.2, 0.25) is 0 Å². The second-order valence-electron chi connectivity index (χ2n) is 8.07. The van der Waals surface area contributed by atoms with Crippen molar-refractivity contribution in [2.24, 2.45) is 0 Å². The van der Waals surface area contributed by atoms with Gasteiger partial charge in [0, 0.05) is 6.54 Å². The van der Waals surface area contributed by atoms with E-state index in [9.17, 15) is 0 Å². The van der Waals surface area contributed by atoms with Crippen LogP contribution in [-0.2, 0) is 4.74 Å². The van der Waals surface area contributed by atoms with Crippen molar-refractivity contribution >= 4 is 0 Å². The molecule has 0 saturated carbocycles. The first-order chi connectivity index (χ1) is 13.3. The maximum atomic E-state index is 8.71. The molecular formula is C24H51NO2. The number of aliphatic hydroxyl groups is 1. The van der Waals surface area contributed by atoms with Gasteiger partial charge in [0.05, 0.1) is 19.8 Å². The minimum absolute atomic E-state index is 0.130. The predicted molar refractivity (Wildman–Crippen MR) is 120 cm³/mol. The Balaban J connectivity index is 3.17. The number of hydrogen-bond donors (Lipinski definition) is 1. The molecule has 0 aliphatic carbocycles. The monoisotopic (exact) mass is 385 g/mol. The first kappa shape index (κ1) is 26.9. The summed E-state index contributed by atoms with van der Waals surface area (Å²) in [5, 5.41) is 8.71. The van der Waals surface area contributed by atoms with E-state index >= 15 is 0 Å². The molecule has 0 atom stereocenters. The van der Waals surface area contributed by atoms with Gasteiger partial charge in [-0.2, -0.15) is 0 Å². The van der Waals surface area contributed by atoms with E-state index in [1.807, 2.05) is 0 Å². The maximum absolute atomic E-state index is 8.71. The molecule has 0 aromatic heterocycles. The van der Waals surface area contributed by atoms with Crippen LogP contribution in [-0.4, -0.2) is 49.5 Å². The Kier molecular flexibility index (Phi) is 23.8. The number of aliphatic hydroxyl groups excluding tert-OH is 1. The van der Waals surface area contributed by atoms with E-state index < -0.39 is 0 Å². The molecule has 0 spiro atoms. The molecule has 0 saturated heterocycles. The van der Waals surface area contributed by atoms with E-state index in [0.29, 0.717) is 6.61 Å². The molecule has 0 aromatic carbocycles. The third-order valence-corrected chi connectivity index (χ3v) is 5.56. The van der Waals surface area contributed by atoms with Gasteiger partial charge in [0.15, 0.2) is 0 Å². The summed E-state index contributed by atoms with van der Waals surface area (Å²) < 4.78 is 5.36. The van der Waals surface area contributed by atoms with Gasteiger partial charge in [-0.3, -0.25) is 0 Å². The standard InChI is InChI=1S/C24H51NO2/c1-3-5-6-7-8-9-10-11-12-13-14-15-16-17-18-19-20-25(4-2)21-23-27-24-22-26/h26H,3-24H2,1-2H3. The summed E-state index contributed by atoms with van der Waals surface area (Å²) in [5.41, 5.74) is 0. The van der Waals surface area contributed by atoms with Crippen LogP contribution in [0.3, 0.4) is 0 Å². The van der Waals surface area contributed by atoms with Gasteiger partial charge in [-0.25, -0.2) is 0 Å². The molecule has 0 bridgehead atoms. The fraction of sp³-hybridized carbons (Fsp3) is 1.00. The van der Waals surface area contributed by atoms with Gasteiger partial charge >= 0.3 is 0 Å². The normalized spacial score (nSPS) is 11.6. The van der Waals surface area contributed by atoms with Crippen LogP contribution in [0.1, 0.15) is 117 Å². The van der Waals surface area contributed by atoms with Crippen molar-refractivity contribution < 1.29 is 9.84 Å². The summed E-state index contributed by atoms with van der Waals surface area (Å²) in [4.78, 5) is 2.46. The molecule has 0 fully saturated rings. The van der Waals surface area contributed by atoms with Gasteiger partial charge in [-0.15, -0.1) is 0 Å². The van der Waals surface area contributed by atoms with E-state index in [1.54, 1.807) is 0 Å². The van der Waals surface area contributed by atoms with Gasteiger partial charge in [0.25, 0.3) is 0 Å². The second-order valence-corrected chi connectivity index (χ2v) is 8.07. The van der Waals surface area contributed by atoms with Crippen LogP contribution in [0.15, 0.2) is 0 Å². The SMILES string of the molecule is CCCCCCCCCCCCCCCCCCN(CC)CCOCCO. The number of likely N-dealkylation sites (N-methyl/N-ethyl adjacent to an activating group) is 1. The van der Waals surface area contributed by atoms with Crippen LogP contribution < -0.4 is 0 Å². The molecule has 1 N–H and O–H groups in total. The van der Waals surface area contributed by atoms with Gasteiger partial charge < -0.3 is 14.7 Å². The lowest BCUT2D eigenvalue weighted by Crippen LogP contribution is -2.28. The maximum Gasteiger partial charge on any atom is 0.0698 e. The second kappa shape index (κ2) is 23.9. The number of hydrogen-bond acceptors (Lipinski definition) is 3. The third kappa shape index (κ3) is 22.0. The Morgan fingerprint density at radius 3 is 1.41 bits per heavy atom. The summed E-state index contributed by atoms with van der Waals surface area (Å²) >= 11 is 0. The van der Waals surface area contributed by atoms with Gasteiger partial charge in [-0.1, -0.05) is 110 Å². The molecule has 0 aliphatic rings.